The van der Waals surface area contributed by atoms with E-state index in [9.17, 15) is 9.59 Å². The minimum absolute atomic E-state index is 0.0256. The van der Waals surface area contributed by atoms with Crippen LogP contribution in [0.3, 0.4) is 0 Å². The zero-order valence-corrected chi connectivity index (χ0v) is 18.0. The number of nitrogens with zero attached hydrogens (tertiary/aromatic N) is 1. The van der Waals surface area contributed by atoms with Crippen LogP contribution < -0.4 is 10.1 Å². The molecule has 0 radical (unpaired) electrons. The third-order valence-corrected chi connectivity index (χ3v) is 5.58. The molecule has 2 amide bonds. The van der Waals surface area contributed by atoms with Gasteiger partial charge in [0.2, 0.25) is 0 Å². The highest BCUT2D eigenvalue weighted by atomic mass is 16.5. The lowest BCUT2D eigenvalue weighted by Gasteiger charge is -2.30. The smallest absolute Gasteiger partial charge is 0.259 e. The van der Waals surface area contributed by atoms with E-state index in [0.29, 0.717) is 35.1 Å². The van der Waals surface area contributed by atoms with Gasteiger partial charge in [0.25, 0.3) is 11.8 Å². The van der Waals surface area contributed by atoms with Crippen LogP contribution in [0.15, 0.2) is 48.5 Å². The number of carbonyl (C=O) groups is 2. The van der Waals surface area contributed by atoms with Crippen LogP contribution in [0.2, 0.25) is 0 Å². The molecule has 1 aliphatic heterocycles. The Morgan fingerprint density at radius 1 is 1.07 bits per heavy atom. The maximum Gasteiger partial charge on any atom is 0.259 e. The van der Waals surface area contributed by atoms with E-state index in [0.717, 1.165) is 45.2 Å². The largest absolute Gasteiger partial charge is 0.493 e. The number of piperidine rings is 1. The molecule has 0 saturated carbocycles. The molecule has 0 spiro atoms. The lowest BCUT2D eigenvalue weighted by molar-refractivity contribution is 0.0697. The Labute approximate surface area is 179 Å². The standard InChI is InChI=1S/C25H32N2O3/c1-3-4-7-17-30-23-12-6-5-11-22(23)24(28)26-21-10-8-9-20(18-21)25(29)27-15-13-19(2)14-16-27/h5-6,8-12,18-19H,3-4,7,13-17H2,1-2H3,(H,26,28). The first-order chi connectivity index (χ1) is 14.6. The van der Waals surface area contributed by atoms with Gasteiger partial charge in [0, 0.05) is 24.3 Å². The van der Waals surface area contributed by atoms with Crippen molar-refractivity contribution in [3.8, 4) is 5.75 Å². The molecule has 0 aliphatic carbocycles. The second-order valence-corrected chi connectivity index (χ2v) is 8.06. The summed E-state index contributed by atoms with van der Waals surface area (Å²) in [7, 11) is 0. The van der Waals surface area contributed by atoms with Crippen molar-refractivity contribution in [3.63, 3.8) is 0 Å². The van der Waals surface area contributed by atoms with E-state index in [1.54, 1.807) is 24.3 Å². The molecule has 0 bridgehead atoms. The van der Waals surface area contributed by atoms with Crippen LogP contribution in [0.5, 0.6) is 5.75 Å². The lowest BCUT2D eigenvalue weighted by atomic mass is 9.98. The number of para-hydroxylation sites is 1. The van der Waals surface area contributed by atoms with Crippen molar-refractivity contribution in [1.29, 1.82) is 0 Å². The summed E-state index contributed by atoms with van der Waals surface area (Å²) in [4.78, 5) is 27.6. The van der Waals surface area contributed by atoms with E-state index >= 15 is 0 Å². The Morgan fingerprint density at radius 2 is 1.83 bits per heavy atom. The predicted molar refractivity (Wildman–Crippen MR) is 120 cm³/mol. The number of hydrogen-bond donors (Lipinski definition) is 1. The Bertz CT molecular complexity index is 857. The second kappa shape index (κ2) is 10.8. The maximum atomic E-state index is 12.9. The topological polar surface area (TPSA) is 58.6 Å². The SMILES string of the molecule is CCCCCOc1ccccc1C(=O)Nc1cccc(C(=O)N2CCC(C)CC2)c1. The average Bonchev–Trinajstić information content (AvgIpc) is 2.77. The molecule has 1 saturated heterocycles. The van der Waals surface area contributed by atoms with E-state index in [2.05, 4.69) is 19.2 Å². The number of ether oxygens (including phenoxy) is 1. The Balaban J connectivity index is 1.66. The highest BCUT2D eigenvalue weighted by Crippen LogP contribution is 2.22. The summed E-state index contributed by atoms with van der Waals surface area (Å²) in [5, 5.41) is 2.92. The minimum atomic E-state index is -0.238. The second-order valence-electron chi connectivity index (χ2n) is 8.06. The summed E-state index contributed by atoms with van der Waals surface area (Å²) in [5.74, 6) is 1.04. The predicted octanol–water partition coefficient (Wildman–Crippen LogP) is 5.38. The van der Waals surface area contributed by atoms with Crippen LogP contribution in [0, 0.1) is 5.92 Å². The molecule has 1 heterocycles. The molecule has 0 atom stereocenters. The van der Waals surface area contributed by atoms with Gasteiger partial charge < -0.3 is 15.0 Å². The van der Waals surface area contributed by atoms with Crippen molar-refractivity contribution >= 4 is 17.5 Å². The number of unbranched alkanes of at least 4 members (excludes halogenated alkanes) is 2. The van der Waals surface area contributed by atoms with Gasteiger partial charge in [-0.3, -0.25) is 9.59 Å². The Kier molecular flexibility index (Phi) is 7.89. The number of carbonyl (C=O) groups excluding carboxylic acids is 2. The molecule has 160 valence electrons. The van der Waals surface area contributed by atoms with Gasteiger partial charge in [0.05, 0.1) is 12.2 Å². The molecule has 3 rings (SSSR count). The summed E-state index contributed by atoms with van der Waals surface area (Å²) in [6, 6.07) is 14.4. The van der Waals surface area contributed by atoms with Crippen LogP contribution in [0.4, 0.5) is 5.69 Å². The van der Waals surface area contributed by atoms with Crippen molar-refractivity contribution in [2.75, 3.05) is 25.0 Å². The van der Waals surface area contributed by atoms with E-state index in [1.165, 1.54) is 0 Å². The fourth-order valence-electron chi connectivity index (χ4n) is 3.64. The van der Waals surface area contributed by atoms with E-state index < -0.39 is 0 Å². The van der Waals surface area contributed by atoms with Crippen LogP contribution in [-0.2, 0) is 0 Å². The first-order valence-corrected chi connectivity index (χ1v) is 11.0. The molecule has 0 unspecified atom stereocenters. The van der Waals surface area contributed by atoms with Gasteiger partial charge in [-0.1, -0.05) is 44.9 Å². The first kappa shape index (κ1) is 21.9. The molecule has 5 nitrogen and oxygen atoms in total. The van der Waals surface area contributed by atoms with Gasteiger partial charge in [-0.2, -0.15) is 0 Å². The van der Waals surface area contributed by atoms with E-state index in [4.69, 9.17) is 4.74 Å². The highest BCUT2D eigenvalue weighted by Gasteiger charge is 2.22. The van der Waals surface area contributed by atoms with E-state index in [-0.39, 0.29) is 11.8 Å². The average molecular weight is 409 g/mol. The summed E-state index contributed by atoms with van der Waals surface area (Å²) < 4.78 is 5.83. The third-order valence-electron chi connectivity index (χ3n) is 5.58. The van der Waals surface area contributed by atoms with Gasteiger partial charge in [-0.25, -0.2) is 0 Å². The number of nitrogens with one attached hydrogen (secondary N) is 1. The van der Waals surface area contributed by atoms with Crippen LogP contribution in [0.1, 0.15) is 66.7 Å². The zero-order valence-electron chi connectivity index (χ0n) is 18.0. The molecule has 0 aromatic heterocycles. The van der Waals surface area contributed by atoms with E-state index in [1.807, 2.05) is 29.2 Å². The van der Waals surface area contributed by atoms with Crippen molar-refractivity contribution in [2.24, 2.45) is 5.92 Å². The van der Waals surface area contributed by atoms with Gasteiger partial charge in [0.15, 0.2) is 0 Å². The Morgan fingerprint density at radius 3 is 2.60 bits per heavy atom. The lowest BCUT2D eigenvalue weighted by Crippen LogP contribution is -2.37. The van der Waals surface area contributed by atoms with Crippen LogP contribution >= 0.6 is 0 Å². The molecule has 5 heteroatoms. The number of hydrogen-bond acceptors (Lipinski definition) is 3. The molecule has 1 fully saturated rings. The van der Waals surface area contributed by atoms with Gasteiger partial charge in [0.1, 0.15) is 5.75 Å². The first-order valence-electron chi connectivity index (χ1n) is 11.0. The van der Waals surface area contributed by atoms with Crippen molar-refractivity contribution < 1.29 is 14.3 Å². The zero-order chi connectivity index (χ0) is 21.3. The number of rotatable bonds is 8. The normalized spacial score (nSPS) is 14.4. The van der Waals surface area contributed by atoms with Crippen molar-refractivity contribution in [3.05, 3.63) is 59.7 Å². The highest BCUT2D eigenvalue weighted by molar-refractivity contribution is 6.06. The summed E-state index contributed by atoms with van der Waals surface area (Å²) in [5.41, 5.74) is 1.71. The molecular weight excluding hydrogens is 376 g/mol. The van der Waals surface area contributed by atoms with Gasteiger partial charge in [-0.05, 0) is 55.5 Å². The van der Waals surface area contributed by atoms with Crippen molar-refractivity contribution in [1.82, 2.24) is 4.90 Å². The number of amides is 2. The van der Waals surface area contributed by atoms with Crippen molar-refractivity contribution in [2.45, 2.75) is 46.0 Å². The summed E-state index contributed by atoms with van der Waals surface area (Å²) in [6.45, 7) is 6.55. The summed E-state index contributed by atoms with van der Waals surface area (Å²) in [6.07, 6.45) is 5.27. The number of anilines is 1. The molecule has 2 aromatic rings. The molecule has 2 aromatic carbocycles. The maximum absolute atomic E-state index is 12.9. The molecular formula is C25H32N2O3. The molecule has 1 aliphatic rings. The Hall–Kier alpha value is -2.82. The van der Waals surface area contributed by atoms with Gasteiger partial charge in [-0.15, -0.1) is 0 Å². The summed E-state index contributed by atoms with van der Waals surface area (Å²) >= 11 is 0. The fourth-order valence-corrected chi connectivity index (χ4v) is 3.64. The number of benzene rings is 2. The number of likely N-dealkylation sites (tertiary alicyclic amines) is 1. The quantitative estimate of drug-likeness (QED) is 0.597. The van der Waals surface area contributed by atoms with Gasteiger partial charge >= 0.3 is 0 Å². The van der Waals surface area contributed by atoms with Crippen LogP contribution in [-0.4, -0.2) is 36.4 Å². The van der Waals surface area contributed by atoms with Crippen LogP contribution in [0.25, 0.3) is 0 Å². The molecule has 30 heavy (non-hydrogen) atoms. The third kappa shape index (κ3) is 5.85. The minimum Gasteiger partial charge on any atom is -0.493 e. The monoisotopic (exact) mass is 408 g/mol. The molecule has 1 N–H and O–H groups in total. The fraction of sp³-hybridized carbons (Fsp3) is 0.440.